The fourth-order valence-electron chi connectivity index (χ4n) is 0.840. The Kier molecular flexibility index (Phi) is 3.58. The first-order chi connectivity index (χ1) is 5.84. The van der Waals surface area contributed by atoms with Crippen LogP contribution in [0.5, 0.6) is 0 Å². The lowest BCUT2D eigenvalue weighted by Crippen LogP contribution is -2.13. The highest BCUT2D eigenvalue weighted by Crippen LogP contribution is 2.17. The van der Waals surface area contributed by atoms with Gasteiger partial charge in [0.05, 0.1) is 6.07 Å². The van der Waals surface area contributed by atoms with E-state index in [0.717, 1.165) is 23.7 Å². The molecule has 0 saturated carbocycles. The minimum Gasteiger partial charge on any atom is -0.398 e. The molecule has 0 unspecified atom stereocenters. The van der Waals surface area contributed by atoms with Gasteiger partial charge in [-0.1, -0.05) is 0 Å². The lowest BCUT2D eigenvalue weighted by atomic mass is 10.4. The van der Waals surface area contributed by atoms with Crippen molar-refractivity contribution in [2.75, 3.05) is 12.3 Å². The predicted molar refractivity (Wildman–Crippen MR) is 50.7 cm³/mol. The van der Waals surface area contributed by atoms with Crippen molar-refractivity contribution in [1.29, 1.82) is 5.26 Å². The molecule has 0 bridgehead atoms. The molecule has 3 N–H and O–H groups in total. The molecule has 12 heavy (non-hydrogen) atoms. The quantitative estimate of drug-likeness (QED) is 0.689. The van der Waals surface area contributed by atoms with E-state index in [2.05, 4.69) is 11.4 Å². The van der Waals surface area contributed by atoms with E-state index in [9.17, 15) is 0 Å². The van der Waals surface area contributed by atoms with Crippen LogP contribution in [0.1, 0.15) is 11.3 Å². The molecule has 4 heteroatoms. The van der Waals surface area contributed by atoms with Crippen molar-refractivity contribution in [3.05, 3.63) is 16.3 Å². The van der Waals surface area contributed by atoms with Crippen LogP contribution in [0.2, 0.25) is 0 Å². The molecule has 1 rings (SSSR count). The normalized spacial score (nSPS) is 9.58. The van der Waals surface area contributed by atoms with Gasteiger partial charge in [-0.05, 0) is 11.4 Å². The third-order valence-corrected chi connectivity index (χ3v) is 2.42. The third-order valence-electron chi connectivity index (χ3n) is 1.48. The molecule has 0 aliphatic carbocycles. The maximum absolute atomic E-state index is 8.27. The van der Waals surface area contributed by atoms with E-state index in [1.807, 2.05) is 11.4 Å². The fourth-order valence-corrected chi connectivity index (χ4v) is 1.61. The molecule has 0 saturated heterocycles. The van der Waals surface area contributed by atoms with Crippen LogP contribution in [0.4, 0.5) is 5.69 Å². The zero-order chi connectivity index (χ0) is 8.81. The van der Waals surface area contributed by atoms with Gasteiger partial charge in [-0.2, -0.15) is 5.26 Å². The summed E-state index contributed by atoms with van der Waals surface area (Å²) < 4.78 is 0. The molecule has 0 amide bonds. The lowest BCUT2D eigenvalue weighted by molar-refractivity contribution is 0.707. The molecular weight excluding hydrogens is 170 g/mol. The van der Waals surface area contributed by atoms with E-state index in [-0.39, 0.29) is 0 Å². The highest BCUT2D eigenvalue weighted by molar-refractivity contribution is 7.10. The van der Waals surface area contributed by atoms with Gasteiger partial charge in [0.15, 0.2) is 0 Å². The fraction of sp³-hybridized carbons (Fsp3) is 0.375. The number of thiophene rings is 1. The van der Waals surface area contributed by atoms with Gasteiger partial charge in [-0.15, -0.1) is 11.3 Å². The Hall–Kier alpha value is -1.05. The second-order valence-corrected chi connectivity index (χ2v) is 3.38. The molecule has 1 heterocycles. The summed E-state index contributed by atoms with van der Waals surface area (Å²) in [5.41, 5.74) is 6.50. The summed E-state index contributed by atoms with van der Waals surface area (Å²) in [6.45, 7) is 1.50. The molecule has 0 spiro atoms. The highest BCUT2D eigenvalue weighted by Gasteiger charge is 1.98. The summed E-state index contributed by atoms with van der Waals surface area (Å²) >= 11 is 1.64. The predicted octanol–water partition coefficient (Wildman–Crippen LogP) is 1.33. The molecule has 0 fully saturated rings. The summed E-state index contributed by atoms with van der Waals surface area (Å²) in [6, 6.07) is 3.97. The van der Waals surface area contributed by atoms with E-state index < -0.39 is 0 Å². The Bertz CT molecular complexity index is 274. The van der Waals surface area contributed by atoms with Crippen molar-refractivity contribution >= 4 is 17.0 Å². The summed E-state index contributed by atoms with van der Waals surface area (Å²) in [4.78, 5) is 1.15. The topological polar surface area (TPSA) is 61.8 Å². The molecule has 1 aromatic rings. The van der Waals surface area contributed by atoms with Gasteiger partial charge in [-0.25, -0.2) is 0 Å². The van der Waals surface area contributed by atoms with Gasteiger partial charge in [0, 0.05) is 30.1 Å². The maximum Gasteiger partial charge on any atom is 0.0635 e. The van der Waals surface area contributed by atoms with E-state index in [1.165, 1.54) is 0 Å². The van der Waals surface area contributed by atoms with Crippen LogP contribution in [0.25, 0.3) is 0 Å². The first-order valence-electron chi connectivity index (χ1n) is 3.74. The number of nitriles is 1. The zero-order valence-electron chi connectivity index (χ0n) is 6.71. The zero-order valence-corrected chi connectivity index (χ0v) is 7.53. The van der Waals surface area contributed by atoms with E-state index >= 15 is 0 Å². The third kappa shape index (κ3) is 2.53. The number of nitrogen functional groups attached to an aromatic ring is 1. The van der Waals surface area contributed by atoms with Crippen molar-refractivity contribution in [1.82, 2.24) is 5.32 Å². The molecule has 64 valence electrons. The Morgan fingerprint density at radius 2 is 2.50 bits per heavy atom. The number of nitrogens with two attached hydrogens (primary N) is 1. The van der Waals surface area contributed by atoms with Crippen molar-refractivity contribution in [2.24, 2.45) is 0 Å². The van der Waals surface area contributed by atoms with Crippen LogP contribution in [-0.4, -0.2) is 6.54 Å². The summed E-state index contributed by atoms with van der Waals surface area (Å²) in [7, 11) is 0. The van der Waals surface area contributed by atoms with Crippen LogP contribution < -0.4 is 11.1 Å². The molecule has 0 aliphatic rings. The molecule has 0 atom stereocenters. The smallest absolute Gasteiger partial charge is 0.0635 e. The molecule has 1 aromatic heterocycles. The van der Waals surface area contributed by atoms with Crippen LogP contribution in [-0.2, 0) is 6.54 Å². The number of nitrogens with zero attached hydrogens (tertiary/aromatic N) is 1. The summed E-state index contributed by atoms with van der Waals surface area (Å²) in [6.07, 6.45) is 0.547. The van der Waals surface area contributed by atoms with Gasteiger partial charge in [0.25, 0.3) is 0 Å². The number of rotatable bonds is 4. The van der Waals surface area contributed by atoms with Gasteiger partial charge in [0.2, 0.25) is 0 Å². The van der Waals surface area contributed by atoms with Crippen LogP contribution in [0.15, 0.2) is 11.4 Å². The number of nitrogens with one attached hydrogen (secondary N) is 1. The Morgan fingerprint density at radius 3 is 3.08 bits per heavy atom. The average Bonchev–Trinajstić information content (AvgIpc) is 2.46. The van der Waals surface area contributed by atoms with Crippen LogP contribution >= 0.6 is 11.3 Å². The highest BCUT2D eigenvalue weighted by atomic mass is 32.1. The Morgan fingerprint density at radius 1 is 1.67 bits per heavy atom. The number of hydrogen-bond donors (Lipinski definition) is 2. The molecule has 0 aliphatic heterocycles. The second kappa shape index (κ2) is 4.75. The van der Waals surface area contributed by atoms with E-state index in [4.69, 9.17) is 11.0 Å². The monoisotopic (exact) mass is 181 g/mol. The van der Waals surface area contributed by atoms with Gasteiger partial charge >= 0.3 is 0 Å². The molecule has 3 nitrogen and oxygen atoms in total. The number of anilines is 1. The molecule has 0 radical (unpaired) electrons. The van der Waals surface area contributed by atoms with Crippen molar-refractivity contribution in [2.45, 2.75) is 13.0 Å². The van der Waals surface area contributed by atoms with Crippen LogP contribution in [0, 0.1) is 11.3 Å². The minimum absolute atomic E-state index is 0.547. The van der Waals surface area contributed by atoms with Crippen molar-refractivity contribution < 1.29 is 0 Å². The first kappa shape index (κ1) is 9.04. The van der Waals surface area contributed by atoms with Gasteiger partial charge < -0.3 is 11.1 Å². The van der Waals surface area contributed by atoms with Crippen LogP contribution in [0.3, 0.4) is 0 Å². The van der Waals surface area contributed by atoms with Crippen molar-refractivity contribution in [3.8, 4) is 6.07 Å². The minimum atomic E-state index is 0.547. The van der Waals surface area contributed by atoms with Gasteiger partial charge in [0.1, 0.15) is 0 Å². The first-order valence-corrected chi connectivity index (χ1v) is 4.62. The summed E-state index contributed by atoms with van der Waals surface area (Å²) in [5, 5.41) is 13.4. The Labute approximate surface area is 75.8 Å². The standard InChI is InChI=1S/C8H11N3S/c9-3-1-4-11-6-8-7(10)2-5-12-8/h2,5,11H,1,4,6,10H2. The Balaban J connectivity index is 2.25. The van der Waals surface area contributed by atoms with Gasteiger partial charge in [-0.3, -0.25) is 0 Å². The SMILES string of the molecule is N#CCCNCc1sccc1N. The second-order valence-electron chi connectivity index (χ2n) is 2.38. The van der Waals surface area contributed by atoms with Crippen molar-refractivity contribution in [3.63, 3.8) is 0 Å². The van der Waals surface area contributed by atoms with E-state index in [1.54, 1.807) is 11.3 Å². The summed E-state index contributed by atoms with van der Waals surface area (Å²) in [5.74, 6) is 0. The number of hydrogen-bond acceptors (Lipinski definition) is 4. The maximum atomic E-state index is 8.27. The largest absolute Gasteiger partial charge is 0.398 e. The molecule has 0 aromatic carbocycles. The van der Waals surface area contributed by atoms with E-state index in [0.29, 0.717) is 6.42 Å². The lowest BCUT2D eigenvalue weighted by Gasteiger charge is -1.99. The average molecular weight is 181 g/mol. The molecular formula is C8H11N3S.